The molecule has 0 amide bonds. The lowest BCUT2D eigenvalue weighted by Crippen LogP contribution is -1.95. The fourth-order valence-electron chi connectivity index (χ4n) is 8.39. The molecule has 0 aliphatic rings. The van der Waals surface area contributed by atoms with Gasteiger partial charge in [0.05, 0.1) is 22.1 Å². The maximum absolute atomic E-state index is 4.28. The first kappa shape index (κ1) is 27.3. The molecule has 11 rings (SSSR count). The van der Waals surface area contributed by atoms with Crippen LogP contribution in [0.1, 0.15) is 0 Å². The Bertz CT molecular complexity index is 3110. The topological polar surface area (TPSA) is 22.8 Å². The fourth-order valence-corrected chi connectivity index (χ4v) is 8.39. The standard InChI is InChI=1S/C47H29N3/c1-2-11-36-34(9-1)35-10-3-4-12-37(35)42-29-33(19-21-38(36)42)50-45-16-8-6-14-40(45)43-27-30(18-22-46(43)50)31-17-20-41-39-13-5-7-15-44(39)49(47(41)28-31)32-23-25-48-26-24-32/h1-29H. The minimum atomic E-state index is 1.11. The first-order valence-electron chi connectivity index (χ1n) is 17.1. The average molecular weight is 636 g/mol. The van der Waals surface area contributed by atoms with Gasteiger partial charge in [-0.25, -0.2) is 0 Å². The van der Waals surface area contributed by atoms with E-state index < -0.39 is 0 Å². The monoisotopic (exact) mass is 635 g/mol. The van der Waals surface area contributed by atoms with Crippen LogP contribution in [0.2, 0.25) is 0 Å². The van der Waals surface area contributed by atoms with Gasteiger partial charge < -0.3 is 9.13 Å². The number of rotatable bonds is 3. The molecule has 0 unspecified atom stereocenters. The smallest absolute Gasteiger partial charge is 0.0547 e. The van der Waals surface area contributed by atoms with E-state index in [0.29, 0.717) is 0 Å². The number of nitrogens with zero attached hydrogens (tertiary/aromatic N) is 3. The van der Waals surface area contributed by atoms with E-state index in [4.69, 9.17) is 0 Å². The van der Waals surface area contributed by atoms with E-state index >= 15 is 0 Å². The lowest BCUT2D eigenvalue weighted by Gasteiger charge is -2.14. The lowest BCUT2D eigenvalue weighted by molar-refractivity contribution is 1.16. The van der Waals surface area contributed by atoms with Gasteiger partial charge in [0.2, 0.25) is 0 Å². The largest absolute Gasteiger partial charge is 0.309 e. The summed E-state index contributed by atoms with van der Waals surface area (Å²) in [5, 5.41) is 12.7. The van der Waals surface area contributed by atoms with Crippen LogP contribution in [0.4, 0.5) is 0 Å². The van der Waals surface area contributed by atoms with Crippen molar-refractivity contribution in [2.75, 3.05) is 0 Å². The summed E-state index contributed by atoms with van der Waals surface area (Å²) < 4.78 is 4.79. The maximum Gasteiger partial charge on any atom is 0.0547 e. The molecule has 0 radical (unpaired) electrons. The second kappa shape index (κ2) is 10.4. The molecule has 11 aromatic rings. The number of hydrogen-bond donors (Lipinski definition) is 0. The van der Waals surface area contributed by atoms with Gasteiger partial charge in [-0.05, 0) is 98.0 Å². The molecule has 50 heavy (non-hydrogen) atoms. The van der Waals surface area contributed by atoms with Gasteiger partial charge in [0.1, 0.15) is 0 Å². The molecule has 8 aromatic carbocycles. The molecule has 3 heterocycles. The number of aromatic nitrogens is 3. The van der Waals surface area contributed by atoms with Crippen molar-refractivity contribution in [2.24, 2.45) is 0 Å². The van der Waals surface area contributed by atoms with E-state index in [-0.39, 0.29) is 0 Å². The number of para-hydroxylation sites is 2. The second-order valence-electron chi connectivity index (χ2n) is 13.2. The lowest BCUT2D eigenvalue weighted by atomic mass is 9.94. The molecular formula is C47H29N3. The van der Waals surface area contributed by atoms with Crippen molar-refractivity contribution in [2.45, 2.75) is 0 Å². The Hall–Kier alpha value is -6.71. The quantitative estimate of drug-likeness (QED) is 0.177. The Morgan fingerprint density at radius 1 is 0.280 bits per heavy atom. The van der Waals surface area contributed by atoms with Gasteiger partial charge in [-0.15, -0.1) is 0 Å². The highest BCUT2D eigenvalue weighted by molar-refractivity contribution is 6.25. The van der Waals surface area contributed by atoms with E-state index in [9.17, 15) is 0 Å². The summed E-state index contributed by atoms with van der Waals surface area (Å²) in [5.41, 5.74) is 9.46. The van der Waals surface area contributed by atoms with Crippen LogP contribution in [0.25, 0.3) is 98.4 Å². The normalized spacial score (nSPS) is 12.0. The van der Waals surface area contributed by atoms with Crippen molar-refractivity contribution in [3.05, 3.63) is 176 Å². The molecule has 0 aliphatic carbocycles. The minimum absolute atomic E-state index is 1.11. The summed E-state index contributed by atoms with van der Waals surface area (Å²) in [4.78, 5) is 4.28. The molecule has 0 spiro atoms. The van der Waals surface area contributed by atoms with Gasteiger partial charge in [-0.1, -0.05) is 109 Å². The Labute approximate surface area is 287 Å². The van der Waals surface area contributed by atoms with Crippen molar-refractivity contribution in [3.8, 4) is 22.5 Å². The van der Waals surface area contributed by atoms with Crippen molar-refractivity contribution in [1.29, 1.82) is 0 Å². The van der Waals surface area contributed by atoms with E-state index in [0.717, 1.165) is 5.69 Å². The first-order chi connectivity index (χ1) is 24.8. The van der Waals surface area contributed by atoms with Crippen LogP contribution in [0.5, 0.6) is 0 Å². The molecule has 0 atom stereocenters. The van der Waals surface area contributed by atoms with Crippen LogP contribution < -0.4 is 0 Å². The van der Waals surface area contributed by atoms with Crippen LogP contribution in [0.3, 0.4) is 0 Å². The van der Waals surface area contributed by atoms with Gasteiger partial charge in [-0.3, -0.25) is 4.98 Å². The van der Waals surface area contributed by atoms with Crippen LogP contribution in [0, 0.1) is 0 Å². The molecule has 3 nitrogen and oxygen atoms in total. The molecular weight excluding hydrogens is 607 g/mol. The molecule has 0 aliphatic heterocycles. The predicted molar refractivity (Wildman–Crippen MR) is 211 cm³/mol. The molecule has 0 N–H and O–H groups in total. The predicted octanol–water partition coefficient (Wildman–Crippen LogP) is 12.4. The van der Waals surface area contributed by atoms with Gasteiger partial charge in [0.25, 0.3) is 0 Å². The Kier molecular flexibility index (Phi) is 5.67. The van der Waals surface area contributed by atoms with E-state index in [1.54, 1.807) is 0 Å². The molecule has 232 valence electrons. The summed E-state index contributed by atoms with van der Waals surface area (Å²) in [6, 6.07) is 60.0. The van der Waals surface area contributed by atoms with Crippen LogP contribution >= 0.6 is 0 Å². The number of hydrogen-bond acceptors (Lipinski definition) is 1. The third-order valence-corrected chi connectivity index (χ3v) is 10.6. The van der Waals surface area contributed by atoms with E-state index in [1.165, 1.54) is 92.7 Å². The van der Waals surface area contributed by atoms with Gasteiger partial charge in [0.15, 0.2) is 0 Å². The molecule has 0 saturated heterocycles. The van der Waals surface area contributed by atoms with Crippen LogP contribution in [-0.2, 0) is 0 Å². The van der Waals surface area contributed by atoms with Crippen molar-refractivity contribution in [3.63, 3.8) is 0 Å². The van der Waals surface area contributed by atoms with Gasteiger partial charge in [-0.2, -0.15) is 0 Å². The van der Waals surface area contributed by atoms with Crippen LogP contribution in [0.15, 0.2) is 176 Å². The number of pyridine rings is 1. The summed E-state index contributed by atoms with van der Waals surface area (Å²) in [6.45, 7) is 0. The zero-order valence-electron chi connectivity index (χ0n) is 27.1. The van der Waals surface area contributed by atoms with E-state index in [1.807, 2.05) is 12.4 Å². The van der Waals surface area contributed by atoms with Gasteiger partial charge >= 0.3 is 0 Å². The highest BCUT2D eigenvalue weighted by Crippen LogP contribution is 2.40. The fraction of sp³-hybridized carbons (Fsp3) is 0. The highest BCUT2D eigenvalue weighted by Gasteiger charge is 2.17. The highest BCUT2D eigenvalue weighted by atomic mass is 15.0. The molecule has 0 bridgehead atoms. The molecule has 3 heteroatoms. The molecule has 3 aromatic heterocycles. The van der Waals surface area contributed by atoms with Gasteiger partial charge in [0, 0.05) is 45.3 Å². The summed E-state index contributed by atoms with van der Waals surface area (Å²) >= 11 is 0. The van der Waals surface area contributed by atoms with Crippen LogP contribution in [-0.4, -0.2) is 14.1 Å². The third kappa shape index (κ3) is 3.83. The zero-order chi connectivity index (χ0) is 32.8. The number of fused-ring (bicyclic) bond motifs is 12. The van der Waals surface area contributed by atoms with Crippen molar-refractivity contribution in [1.82, 2.24) is 14.1 Å². The Morgan fingerprint density at radius 3 is 1.42 bits per heavy atom. The van der Waals surface area contributed by atoms with Crippen molar-refractivity contribution >= 4 is 75.9 Å². The number of benzene rings is 8. The Morgan fingerprint density at radius 2 is 0.740 bits per heavy atom. The molecule has 0 fully saturated rings. The first-order valence-corrected chi connectivity index (χ1v) is 17.1. The minimum Gasteiger partial charge on any atom is -0.309 e. The average Bonchev–Trinajstić information content (AvgIpc) is 3.70. The Balaban J connectivity index is 1.13. The summed E-state index contributed by atoms with van der Waals surface area (Å²) in [6.07, 6.45) is 3.73. The third-order valence-electron chi connectivity index (χ3n) is 10.6. The zero-order valence-corrected chi connectivity index (χ0v) is 27.1. The SMILES string of the molecule is c1ccc2c(c1)c1ccccc1c1cc(-n3c4ccccc4c4cc(-c5ccc6c7ccccc7n(-c7ccncc7)c6c5)ccc43)ccc21. The maximum atomic E-state index is 4.28. The molecule has 0 saturated carbocycles. The second-order valence-corrected chi connectivity index (χ2v) is 13.2. The van der Waals surface area contributed by atoms with E-state index in [2.05, 4.69) is 178 Å². The summed E-state index contributed by atoms with van der Waals surface area (Å²) in [7, 11) is 0. The van der Waals surface area contributed by atoms with Crippen molar-refractivity contribution < 1.29 is 0 Å². The summed E-state index contributed by atoms with van der Waals surface area (Å²) in [5.74, 6) is 0.